The molecular formula is C11H16FO3P. The van der Waals surface area contributed by atoms with Crippen molar-refractivity contribution >= 4 is 8.60 Å². The lowest BCUT2D eigenvalue weighted by atomic mass is 9.82. The first-order chi connectivity index (χ1) is 7.49. The maximum atomic E-state index is 11.5. The van der Waals surface area contributed by atoms with Crippen LogP contribution in [0.1, 0.15) is 32.8 Å². The molecule has 1 unspecified atom stereocenters. The summed E-state index contributed by atoms with van der Waals surface area (Å²) in [7, 11) is -2.46. The first kappa shape index (κ1) is 13.4. The molecule has 0 radical (unpaired) electrons. The monoisotopic (exact) mass is 246 g/mol. The summed E-state index contributed by atoms with van der Waals surface area (Å²) in [5.41, 5.74) is 1.27. The average molecular weight is 246 g/mol. The van der Waals surface area contributed by atoms with E-state index in [1.807, 2.05) is 12.1 Å². The molecule has 3 nitrogen and oxygen atoms in total. The predicted molar refractivity (Wildman–Crippen MR) is 61.7 cm³/mol. The summed E-state index contributed by atoms with van der Waals surface area (Å²) in [6.07, 6.45) is 1.02. The molecule has 0 saturated heterocycles. The summed E-state index contributed by atoms with van der Waals surface area (Å²) >= 11 is 0. The molecule has 1 N–H and O–H groups in total. The summed E-state index contributed by atoms with van der Waals surface area (Å²) in [6, 6.07) is 7.19. The number of hydrogen-bond donors (Lipinski definition) is 1. The first-order valence-electron chi connectivity index (χ1n) is 5.06. The fourth-order valence-corrected chi connectivity index (χ4v) is 1.61. The minimum Gasteiger partial charge on any atom is -0.425 e. The van der Waals surface area contributed by atoms with E-state index in [0.29, 0.717) is 5.75 Å². The molecule has 0 amide bonds. The zero-order chi connectivity index (χ0) is 12.2. The smallest absolute Gasteiger partial charge is 0.425 e. The fraction of sp³-hybridized carbons (Fsp3) is 0.455. The highest BCUT2D eigenvalue weighted by Gasteiger charge is 2.18. The van der Waals surface area contributed by atoms with Crippen molar-refractivity contribution in [3.05, 3.63) is 29.8 Å². The molecule has 5 heteroatoms. The third-order valence-corrected chi connectivity index (χ3v) is 3.25. The molecule has 16 heavy (non-hydrogen) atoms. The minimum atomic E-state index is -2.46. The zero-order valence-corrected chi connectivity index (χ0v) is 10.5. The van der Waals surface area contributed by atoms with Crippen LogP contribution in [0.25, 0.3) is 0 Å². The van der Waals surface area contributed by atoms with Gasteiger partial charge in [-0.3, -0.25) is 0 Å². The number of halogens is 1. The average Bonchev–Trinajstić information content (AvgIpc) is 2.29. The lowest BCUT2D eigenvalue weighted by molar-refractivity contribution is -0.0177. The molecule has 90 valence electrons. The molecule has 0 aliphatic carbocycles. The maximum absolute atomic E-state index is 11.5. The van der Waals surface area contributed by atoms with Crippen LogP contribution in [-0.2, 0) is 10.1 Å². The summed E-state index contributed by atoms with van der Waals surface area (Å²) in [5.74, 6) is 0.391. The van der Waals surface area contributed by atoms with Crippen molar-refractivity contribution in [1.29, 1.82) is 0 Å². The Kier molecular flexibility index (Phi) is 4.66. The van der Waals surface area contributed by atoms with Gasteiger partial charge in [-0.1, -0.05) is 37.6 Å². The Morgan fingerprint density at radius 3 is 2.31 bits per heavy atom. The standard InChI is InChI=1S/C11H16FO3P/c1-4-11(2,3)9-5-7-10(8-6-9)14-16(13)15-12/h5-8,13H,4H2,1-3H3. The van der Waals surface area contributed by atoms with E-state index in [4.69, 9.17) is 9.42 Å². The lowest BCUT2D eigenvalue weighted by Crippen LogP contribution is -2.14. The topological polar surface area (TPSA) is 38.7 Å². The number of rotatable bonds is 5. The second kappa shape index (κ2) is 5.58. The highest BCUT2D eigenvalue weighted by Crippen LogP contribution is 2.36. The van der Waals surface area contributed by atoms with E-state index in [2.05, 4.69) is 25.5 Å². The largest absolute Gasteiger partial charge is 0.428 e. The van der Waals surface area contributed by atoms with Gasteiger partial charge in [-0.2, -0.15) is 0 Å². The van der Waals surface area contributed by atoms with Crippen LogP contribution in [0.4, 0.5) is 4.53 Å². The molecule has 0 saturated carbocycles. The van der Waals surface area contributed by atoms with Gasteiger partial charge in [-0.25, -0.2) is 0 Å². The summed E-state index contributed by atoms with van der Waals surface area (Å²) < 4.78 is 19.5. The summed E-state index contributed by atoms with van der Waals surface area (Å²) in [4.78, 5) is 8.83. The van der Waals surface area contributed by atoms with Gasteiger partial charge in [0.2, 0.25) is 0 Å². The van der Waals surface area contributed by atoms with E-state index in [9.17, 15) is 4.53 Å². The van der Waals surface area contributed by atoms with Crippen molar-refractivity contribution in [3.8, 4) is 5.75 Å². The van der Waals surface area contributed by atoms with Crippen LogP contribution in [0.3, 0.4) is 0 Å². The van der Waals surface area contributed by atoms with Gasteiger partial charge in [0.15, 0.2) is 0 Å². The Bertz CT molecular complexity index is 327. The molecule has 1 rings (SSSR count). The van der Waals surface area contributed by atoms with Crippen molar-refractivity contribution in [2.24, 2.45) is 0 Å². The van der Waals surface area contributed by atoms with Crippen molar-refractivity contribution in [3.63, 3.8) is 0 Å². The van der Waals surface area contributed by atoms with Crippen LogP contribution in [0.5, 0.6) is 5.75 Å². The molecule has 1 aromatic rings. The molecule has 1 aromatic carbocycles. The number of benzene rings is 1. The van der Waals surface area contributed by atoms with Crippen molar-refractivity contribution in [2.75, 3.05) is 0 Å². The van der Waals surface area contributed by atoms with Crippen LogP contribution in [-0.4, -0.2) is 4.89 Å². The maximum Gasteiger partial charge on any atom is 0.428 e. The van der Waals surface area contributed by atoms with E-state index in [1.165, 1.54) is 5.56 Å². The quantitative estimate of drug-likeness (QED) is 0.801. The van der Waals surface area contributed by atoms with Crippen molar-refractivity contribution in [1.82, 2.24) is 0 Å². The third kappa shape index (κ3) is 3.41. The third-order valence-electron chi connectivity index (χ3n) is 2.76. The Balaban J connectivity index is 2.75. The Morgan fingerprint density at radius 2 is 1.88 bits per heavy atom. The van der Waals surface area contributed by atoms with Crippen LogP contribution in [0.2, 0.25) is 0 Å². The molecule has 1 atom stereocenters. The molecule has 0 heterocycles. The second-order valence-electron chi connectivity index (χ2n) is 4.16. The van der Waals surface area contributed by atoms with Gasteiger partial charge in [0.1, 0.15) is 5.75 Å². The van der Waals surface area contributed by atoms with Gasteiger partial charge >= 0.3 is 8.60 Å². The Labute approximate surface area is 96.1 Å². The van der Waals surface area contributed by atoms with Gasteiger partial charge in [0.25, 0.3) is 0 Å². The molecule has 0 aromatic heterocycles. The van der Waals surface area contributed by atoms with Crippen molar-refractivity contribution in [2.45, 2.75) is 32.6 Å². The van der Waals surface area contributed by atoms with Gasteiger partial charge in [-0.15, -0.1) is 0 Å². The normalized spacial score (nSPS) is 13.6. The first-order valence-corrected chi connectivity index (χ1v) is 6.19. The zero-order valence-electron chi connectivity index (χ0n) is 9.61. The molecule has 0 aliphatic rings. The van der Waals surface area contributed by atoms with E-state index in [-0.39, 0.29) is 5.41 Å². The summed E-state index contributed by atoms with van der Waals surface area (Å²) in [5, 5.41) is 0. The van der Waals surface area contributed by atoms with E-state index in [0.717, 1.165) is 6.42 Å². The minimum absolute atomic E-state index is 0.0963. The van der Waals surface area contributed by atoms with Gasteiger partial charge in [0, 0.05) is 0 Å². The molecule has 0 spiro atoms. The highest BCUT2D eigenvalue weighted by atomic mass is 31.2. The predicted octanol–water partition coefficient (Wildman–Crippen LogP) is 3.87. The van der Waals surface area contributed by atoms with E-state index >= 15 is 0 Å². The molecule has 0 fully saturated rings. The lowest BCUT2D eigenvalue weighted by Gasteiger charge is -2.23. The fourth-order valence-electron chi connectivity index (χ4n) is 1.28. The van der Waals surface area contributed by atoms with Crippen LogP contribution >= 0.6 is 8.60 Å². The Morgan fingerprint density at radius 1 is 1.31 bits per heavy atom. The second-order valence-corrected chi connectivity index (χ2v) is 4.96. The van der Waals surface area contributed by atoms with E-state index < -0.39 is 8.60 Å². The van der Waals surface area contributed by atoms with Crippen LogP contribution in [0.15, 0.2) is 24.3 Å². The van der Waals surface area contributed by atoms with Gasteiger partial charge in [-0.05, 0) is 34.1 Å². The SMILES string of the molecule is CCC(C)(C)c1ccc(OP(O)OF)cc1. The highest BCUT2D eigenvalue weighted by molar-refractivity contribution is 7.40. The molecule has 0 bridgehead atoms. The van der Waals surface area contributed by atoms with Gasteiger partial charge < -0.3 is 9.42 Å². The molecular weight excluding hydrogens is 230 g/mol. The molecule has 0 aliphatic heterocycles. The van der Waals surface area contributed by atoms with E-state index in [1.54, 1.807) is 12.1 Å². The van der Waals surface area contributed by atoms with Gasteiger partial charge in [0.05, 0.1) is 0 Å². The summed E-state index contributed by atoms with van der Waals surface area (Å²) in [6.45, 7) is 6.41. The van der Waals surface area contributed by atoms with Crippen LogP contribution < -0.4 is 4.52 Å². The van der Waals surface area contributed by atoms with Crippen molar-refractivity contribution < 1.29 is 18.7 Å². The van der Waals surface area contributed by atoms with Crippen LogP contribution in [0, 0.1) is 0 Å². The number of hydrogen-bond acceptors (Lipinski definition) is 3. The Hall–Kier alpha value is -0.700.